The van der Waals surface area contributed by atoms with Crippen LogP contribution in [-0.4, -0.2) is 48.2 Å². The molecule has 105 heavy (non-hydrogen) atoms. The Morgan fingerprint density at radius 3 is 0.933 bits per heavy atom. The highest BCUT2D eigenvalue weighted by molar-refractivity contribution is 6.62. The van der Waals surface area contributed by atoms with Crippen molar-refractivity contribution in [2.75, 3.05) is 0 Å². The Kier molecular flexibility index (Phi) is 19.1. The minimum absolute atomic E-state index is 0. The molecule has 0 radical (unpaired) electrons. The average molecular weight is 1380 g/mol. The molecule has 1 aliphatic heterocycles. The van der Waals surface area contributed by atoms with E-state index in [0.29, 0.717) is 46.1 Å². The predicted octanol–water partition coefficient (Wildman–Crippen LogP) is 22.4. The predicted molar refractivity (Wildman–Crippen MR) is 427 cm³/mol. The monoisotopic (exact) mass is 1380 g/mol. The van der Waals surface area contributed by atoms with Crippen LogP contribution in [0.3, 0.4) is 0 Å². The van der Waals surface area contributed by atoms with Gasteiger partial charge in [-0.25, -0.2) is 29.9 Å². The minimum atomic E-state index is -0.362. The first-order valence-corrected chi connectivity index (χ1v) is 35.2. The standard InChI is InChI=1S/C43H30N4.C27H18ClN3.C22H24BNO2.CH4/c1-43(2)38-24-28(27-44)16-22-36(38)37-23-21-35(26-39(37)43)34-15-9-14-33(25-34)29-17-19-32(20-18-29)42-46-40(30-10-5-3-6-11-30)45-41(47-42)31-12-7-4-8-13-31;28-24-13-7-12-23(18-24)19-14-16-22(17-15-19)27-30-25(20-8-3-1-4-9-20)29-26(31-27)21-10-5-2-6-11-21;1-20(2)18-11-14(13-24)7-9-16(18)17-10-8-15(12-19(17)20)23-25-21(3,4)22(5,6)26-23;/h3-26H,1-2H3;1-18H;7-12H,1-6H3;1H4. The zero-order valence-corrected chi connectivity index (χ0v) is 59.8. The maximum Gasteiger partial charge on any atom is 0.494 e. The number of hydrogen-bond acceptors (Lipinski definition) is 10. The van der Waals surface area contributed by atoms with Gasteiger partial charge in [0, 0.05) is 49.2 Å². The summed E-state index contributed by atoms with van der Waals surface area (Å²) in [5.74, 6) is 3.90. The maximum atomic E-state index is 9.49. The van der Waals surface area contributed by atoms with Crippen molar-refractivity contribution in [3.8, 4) is 136 Å². The SMILES string of the molecule is C.CC1(C)c2cc(C#N)ccc2-c2ccc(-c3cccc(-c4ccc(-c5nc(-c6ccccc6)nc(-c6ccccc6)n5)cc4)c3)cc21.CC1(C)c2cc(C#N)ccc2-c2ccc(B3OC(C)(C)C(C)(C)O3)cc21.Clc1cccc(-c2ccc(-c3nc(-c4ccccc4)nc(-c4ccccc4)n3)cc2)c1. The fourth-order valence-corrected chi connectivity index (χ4v) is 14.2. The highest BCUT2D eigenvalue weighted by Gasteiger charge is 2.52. The largest absolute Gasteiger partial charge is 0.494 e. The van der Waals surface area contributed by atoms with Crippen molar-refractivity contribution in [3.63, 3.8) is 0 Å². The molecule has 17 rings (SSSR count). The summed E-state index contributed by atoms with van der Waals surface area (Å²) in [7, 11) is -0.362. The van der Waals surface area contributed by atoms with Gasteiger partial charge in [0.15, 0.2) is 34.9 Å². The second-order valence-electron chi connectivity index (χ2n) is 28.5. The van der Waals surface area contributed by atoms with Gasteiger partial charge in [0.05, 0.1) is 34.5 Å². The van der Waals surface area contributed by atoms with Gasteiger partial charge < -0.3 is 9.31 Å². The third kappa shape index (κ3) is 13.9. The lowest BCUT2D eigenvalue weighted by atomic mass is 9.74. The summed E-state index contributed by atoms with van der Waals surface area (Å²) < 4.78 is 12.5. The smallest absolute Gasteiger partial charge is 0.399 e. The normalized spacial score (nSPS) is 14.1. The lowest BCUT2D eigenvalue weighted by molar-refractivity contribution is 0.00578. The summed E-state index contributed by atoms with van der Waals surface area (Å²) >= 11 is 6.15. The first kappa shape index (κ1) is 70.0. The molecule has 0 saturated carbocycles. The van der Waals surface area contributed by atoms with E-state index in [1.165, 1.54) is 50.1 Å². The van der Waals surface area contributed by atoms with E-state index in [9.17, 15) is 10.5 Å². The molecule has 0 unspecified atom stereocenters. The second-order valence-corrected chi connectivity index (χ2v) is 28.9. The van der Waals surface area contributed by atoms with E-state index in [1.807, 2.05) is 182 Å². The molecule has 12 aromatic carbocycles. The Morgan fingerprint density at radius 2 is 0.562 bits per heavy atom. The van der Waals surface area contributed by atoms with E-state index in [-0.39, 0.29) is 36.6 Å². The van der Waals surface area contributed by atoms with Gasteiger partial charge in [0.1, 0.15) is 0 Å². The quantitative estimate of drug-likeness (QED) is 0.121. The van der Waals surface area contributed by atoms with E-state index in [4.69, 9.17) is 50.8 Å². The zero-order valence-electron chi connectivity index (χ0n) is 59.1. The molecule has 1 fully saturated rings. The van der Waals surface area contributed by atoms with Crippen LogP contribution in [-0.2, 0) is 20.1 Å². The second kappa shape index (κ2) is 28.6. The summed E-state index contributed by atoms with van der Waals surface area (Å²) in [5.41, 5.74) is 23.7. The van der Waals surface area contributed by atoms with Crippen molar-refractivity contribution in [1.82, 2.24) is 29.9 Å². The van der Waals surface area contributed by atoms with Gasteiger partial charge in [0.2, 0.25) is 0 Å². The van der Waals surface area contributed by atoms with Crippen molar-refractivity contribution in [1.29, 1.82) is 10.5 Å². The van der Waals surface area contributed by atoms with Gasteiger partial charge in [-0.05, 0) is 160 Å². The van der Waals surface area contributed by atoms with E-state index in [1.54, 1.807) is 0 Å². The molecule has 0 spiro atoms. The number of rotatable bonds is 10. The molecular weight excluding hydrogens is 1310 g/mol. The fourth-order valence-electron chi connectivity index (χ4n) is 14.0. The highest BCUT2D eigenvalue weighted by atomic mass is 35.5. The first-order valence-electron chi connectivity index (χ1n) is 34.9. The summed E-state index contributed by atoms with van der Waals surface area (Å²) in [6.07, 6.45) is 0. The van der Waals surface area contributed by atoms with E-state index < -0.39 is 0 Å². The Balaban J connectivity index is 0.000000139. The van der Waals surface area contributed by atoms with Crippen LogP contribution in [0.15, 0.2) is 291 Å². The molecule has 12 heteroatoms. The van der Waals surface area contributed by atoms with E-state index in [0.717, 1.165) is 71.7 Å². The van der Waals surface area contributed by atoms with Gasteiger partial charge in [-0.15, -0.1) is 0 Å². The molecule has 3 heterocycles. The molecule has 2 aromatic heterocycles. The lowest BCUT2D eigenvalue weighted by Crippen LogP contribution is -2.41. The average Bonchev–Trinajstić information content (AvgIpc) is 1.58. The van der Waals surface area contributed by atoms with Crippen LogP contribution in [0.1, 0.15) is 96.2 Å². The maximum absolute atomic E-state index is 9.49. The molecule has 3 aliphatic rings. The Labute approximate surface area is 620 Å². The van der Waals surface area contributed by atoms with Gasteiger partial charge in [0.25, 0.3) is 0 Å². The minimum Gasteiger partial charge on any atom is -0.399 e. The lowest BCUT2D eigenvalue weighted by Gasteiger charge is -2.32. The number of aromatic nitrogens is 6. The third-order valence-corrected chi connectivity index (χ3v) is 20.8. The first-order chi connectivity index (χ1) is 50.3. The summed E-state index contributed by atoms with van der Waals surface area (Å²) in [4.78, 5) is 28.9. The number of nitriles is 2. The van der Waals surface area contributed by atoms with Crippen LogP contribution in [0.5, 0.6) is 0 Å². The Morgan fingerprint density at radius 1 is 0.286 bits per heavy atom. The summed E-state index contributed by atoms with van der Waals surface area (Å²) in [5, 5.41) is 19.5. The topological polar surface area (TPSA) is 143 Å². The number of fused-ring (bicyclic) bond motifs is 6. The molecule has 14 aromatic rings. The number of hydrogen-bond donors (Lipinski definition) is 0. The van der Waals surface area contributed by atoms with Crippen LogP contribution < -0.4 is 5.46 Å². The van der Waals surface area contributed by atoms with Crippen molar-refractivity contribution >= 4 is 24.2 Å². The zero-order chi connectivity index (χ0) is 71.9. The molecule has 0 N–H and O–H groups in total. The number of benzene rings is 12. The van der Waals surface area contributed by atoms with Gasteiger partial charge in [-0.1, -0.05) is 289 Å². The number of nitrogens with zero attached hydrogens (tertiary/aromatic N) is 8. The van der Waals surface area contributed by atoms with E-state index >= 15 is 0 Å². The van der Waals surface area contributed by atoms with Gasteiger partial charge in [-0.3, -0.25) is 0 Å². The van der Waals surface area contributed by atoms with Crippen LogP contribution in [0.2, 0.25) is 5.02 Å². The highest BCUT2D eigenvalue weighted by Crippen LogP contribution is 2.51. The van der Waals surface area contributed by atoms with Crippen molar-refractivity contribution in [2.45, 2.75) is 84.8 Å². The summed E-state index contributed by atoms with van der Waals surface area (Å²) in [6.45, 7) is 17.2. The van der Waals surface area contributed by atoms with Crippen molar-refractivity contribution in [3.05, 3.63) is 330 Å². The van der Waals surface area contributed by atoms with Crippen molar-refractivity contribution in [2.24, 2.45) is 0 Å². The molecule has 510 valence electrons. The van der Waals surface area contributed by atoms with Crippen molar-refractivity contribution < 1.29 is 9.31 Å². The van der Waals surface area contributed by atoms with E-state index in [2.05, 4.69) is 177 Å². The molecule has 0 bridgehead atoms. The van der Waals surface area contributed by atoms with Gasteiger partial charge in [-0.2, -0.15) is 10.5 Å². The van der Waals surface area contributed by atoms with Gasteiger partial charge >= 0.3 is 7.12 Å². The van der Waals surface area contributed by atoms with Crippen LogP contribution in [0.4, 0.5) is 0 Å². The molecule has 0 amide bonds. The fraction of sp³-hybridized carbons (Fsp3) is 0.140. The molecule has 2 aliphatic carbocycles. The molecule has 10 nitrogen and oxygen atoms in total. The molecule has 0 atom stereocenters. The Bertz CT molecular complexity index is 5530. The third-order valence-electron chi connectivity index (χ3n) is 20.5. The number of halogens is 1. The molecule has 1 saturated heterocycles. The molecular formula is C93H76BClN8O2. The van der Waals surface area contributed by atoms with Crippen LogP contribution in [0.25, 0.3) is 124 Å². The Hall–Kier alpha value is -12.1. The summed E-state index contributed by atoms with van der Waals surface area (Å²) in [6, 6.07) is 103. The van der Waals surface area contributed by atoms with Crippen LogP contribution in [0, 0.1) is 22.7 Å². The van der Waals surface area contributed by atoms with Crippen LogP contribution >= 0.6 is 11.6 Å².